The summed E-state index contributed by atoms with van der Waals surface area (Å²) in [4.78, 5) is 31.8. The SMILES string of the molecule is Cc1c(F)cccc1[C@H]1CC(C)[N+](CCCCN(C)C)(C(=O)[C@H]2CCCNC2)[C@@]1(C)C(=O)c1cccc(O)c1. The number of halogens is 1. The van der Waals surface area contributed by atoms with Crippen molar-refractivity contribution in [3.8, 4) is 5.75 Å². The van der Waals surface area contributed by atoms with E-state index in [1.807, 2.05) is 27.1 Å². The first-order valence-electron chi connectivity index (χ1n) is 14.4. The van der Waals surface area contributed by atoms with E-state index in [0.29, 0.717) is 30.6 Å². The van der Waals surface area contributed by atoms with E-state index in [-0.39, 0.29) is 45.6 Å². The van der Waals surface area contributed by atoms with Crippen LogP contribution in [0.2, 0.25) is 0 Å². The third-order valence-corrected chi connectivity index (χ3v) is 9.50. The summed E-state index contributed by atoms with van der Waals surface area (Å²) in [5.41, 5.74) is 0.541. The molecule has 4 rings (SSSR count). The molecule has 212 valence electrons. The van der Waals surface area contributed by atoms with Crippen LogP contribution in [0.25, 0.3) is 0 Å². The van der Waals surface area contributed by atoms with Crippen LogP contribution in [0, 0.1) is 18.7 Å². The average Bonchev–Trinajstić information content (AvgIpc) is 3.15. The van der Waals surface area contributed by atoms with Gasteiger partial charge in [-0.3, -0.25) is 4.79 Å². The van der Waals surface area contributed by atoms with Gasteiger partial charge >= 0.3 is 5.91 Å². The average molecular weight is 539 g/mol. The Morgan fingerprint density at radius 3 is 2.59 bits per heavy atom. The normalized spacial score (nSPS) is 29.1. The number of hydrogen-bond acceptors (Lipinski definition) is 5. The number of nitrogens with one attached hydrogen (secondary N) is 1. The molecule has 2 N–H and O–H groups in total. The lowest BCUT2D eigenvalue weighted by atomic mass is 9.73. The molecule has 2 heterocycles. The van der Waals surface area contributed by atoms with Crippen molar-refractivity contribution in [3.05, 3.63) is 65.0 Å². The number of phenolic OH excluding ortho intramolecular Hbond substituents is 1. The zero-order valence-electron chi connectivity index (χ0n) is 24.2. The maximum absolute atomic E-state index is 14.9. The van der Waals surface area contributed by atoms with E-state index in [9.17, 15) is 19.1 Å². The smallest absolute Gasteiger partial charge is 0.319 e. The minimum Gasteiger partial charge on any atom is -0.508 e. The number of piperidine rings is 1. The van der Waals surface area contributed by atoms with Crippen LogP contribution in [0.5, 0.6) is 5.75 Å². The predicted molar refractivity (Wildman–Crippen MR) is 152 cm³/mol. The second-order valence-electron chi connectivity index (χ2n) is 12.1. The fraction of sp³-hybridized carbons (Fsp3) is 0.562. The lowest BCUT2D eigenvalue weighted by Crippen LogP contribution is -2.72. The molecule has 2 aliphatic heterocycles. The summed E-state index contributed by atoms with van der Waals surface area (Å²) in [5, 5.41) is 13.7. The molecule has 2 fully saturated rings. The number of nitrogens with zero attached hydrogens (tertiary/aromatic N) is 2. The quantitative estimate of drug-likeness (QED) is 0.266. The fourth-order valence-corrected chi connectivity index (χ4v) is 7.38. The van der Waals surface area contributed by atoms with Gasteiger partial charge in [-0.25, -0.2) is 13.7 Å². The first kappa shape index (κ1) is 29.4. The number of phenols is 1. The number of unbranched alkanes of at least 4 members (excludes halogenated alkanes) is 1. The van der Waals surface area contributed by atoms with Crippen LogP contribution in [0.3, 0.4) is 0 Å². The third kappa shape index (κ3) is 5.29. The van der Waals surface area contributed by atoms with Crippen LogP contribution in [0.1, 0.15) is 73.4 Å². The highest BCUT2D eigenvalue weighted by Crippen LogP contribution is 2.54. The Bertz CT molecular complexity index is 1190. The standard InChI is InChI=1S/C32H44FN3O3/c1-22-19-28(27-14-9-15-29(33)23(27)2)32(3,30(38)24-11-8-13-26(37)20-24)36(22,18-7-6-17-35(4)5)31(39)25-12-10-16-34-21-25/h8-9,11,13-15,20,22,25,28,34H,6-7,10,12,16-19,21H2,1-5H3/p+1/t22?,25-,28+,32+,36?/m0/s1. The number of rotatable bonds is 9. The number of carbonyl (C=O) groups is 2. The Balaban J connectivity index is 1.92. The molecule has 2 unspecified atom stereocenters. The van der Waals surface area contributed by atoms with Gasteiger partial charge in [-0.15, -0.1) is 0 Å². The lowest BCUT2D eigenvalue weighted by molar-refractivity contribution is -0.903. The van der Waals surface area contributed by atoms with Gasteiger partial charge < -0.3 is 15.3 Å². The Labute approximate surface area is 232 Å². The number of quaternary nitrogens is 1. The maximum Gasteiger partial charge on any atom is 0.319 e. The zero-order valence-corrected chi connectivity index (χ0v) is 24.2. The van der Waals surface area contributed by atoms with E-state index in [1.54, 1.807) is 31.2 Å². The van der Waals surface area contributed by atoms with Crippen molar-refractivity contribution < 1.29 is 23.6 Å². The molecular formula is C32H45FN3O3+. The van der Waals surface area contributed by atoms with Gasteiger partial charge in [-0.2, -0.15) is 0 Å². The Hall–Kier alpha value is -2.61. The van der Waals surface area contributed by atoms with Gasteiger partial charge in [-0.05, 0) is 103 Å². The summed E-state index contributed by atoms with van der Waals surface area (Å²) in [7, 11) is 4.08. The maximum atomic E-state index is 14.9. The van der Waals surface area contributed by atoms with Crippen molar-refractivity contribution in [3.63, 3.8) is 0 Å². The molecule has 5 atom stereocenters. The summed E-state index contributed by atoms with van der Waals surface area (Å²) < 4.78 is 15.0. The second-order valence-corrected chi connectivity index (χ2v) is 12.1. The Morgan fingerprint density at radius 1 is 1.18 bits per heavy atom. The van der Waals surface area contributed by atoms with E-state index in [2.05, 4.69) is 17.1 Å². The topological polar surface area (TPSA) is 69.6 Å². The number of ketones is 1. The van der Waals surface area contributed by atoms with Gasteiger partial charge in [0.05, 0.1) is 24.4 Å². The number of Topliss-reactive ketones (excluding diaryl/α,β-unsaturated/α-hetero) is 1. The van der Waals surface area contributed by atoms with Gasteiger partial charge in [-0.1, -0.05) is 24.3 Å². The summed E-state index contributed by atoms with van der Waals surface area (Å²) in [5.74, 6) is -0.869. The van der Waals surface area contributed by atoms with Crippen molar-refractivity contribution >= 4 is 11.7 Å². The number of carbonyl (C=O) groups excluding carboxylic acids is 2. The zero-order chi connectivity index (χ0) is 28.4. The molecule has 0 saturated carbocycles. The summed E-state index contributed by atoms with van der Waals surface area (Å²) in [6.07, 6.45) is 4.04. The van der Waals surface area contributed by atoms with Crippen LogP contribution in [-0.2, 0) is 4.79 Å². The van der Waals surface area contributed by atoms with Crippen LogP contribution < -0.4 is 5.32 Å². The minimum atomic E-state index is -1.17. The van der Waals surface area contributed by atoms with Crippen LogP contribution in [0.4, 0.5) is 4.39 Å². The van der Waals surface area contributed by atoms with Crippen LogP contribution in [-0.4, -0.2) is 78.0 Å². The van der Waals surface area contributed by atoms with Crippen molar-refractivity contribution in [1.82, 2.24) is 10.2 Å². The minimum absolute atomic E-state index is 0.0147. The van der Waals surface area contributed by atoms with Crippen molar-refractivity contribution in [2.45, 2.75) is 70.4 Å². The lowest BCUT2D eigenvalue weighted by Gasteiger charge is -2.50. The molecule has 0 bridgehead atoms. The van der Waals surface area contributed by atoms with E-state index >= 15 is 0 Å². The number of hydrogen-bond donors (Lipinski definition) is 2. The highest BCUT2D eigenvalue weighted by atomic mass is 19.1. The van der Waals surface area contributed by atoms with E-state index in [1.165, 1.54) is 12.1 Å². The van der Waals surface area contributed by atoms with Gasteiger partial charge in [0.2, 0.25) is 5.78 Å². The third-order valence-electron chi connectivity index (χ3n) is 9.50. The van der Waals surface area contributed by atoms with Crippen LogP contribution in [0.15, 0.2) is 42.5 Å². The van der Waals surface area contributed by atoms with Crippen molar-refractivity contribution in [2.75, 3.05) is 40.3 Å². The second kappa shape index (κ2) is 11.9. The predicted octanol–water partition coefficient (Wildman–Crippen LogP) is 5.04. The fourth-order valence-electron chi connectivity index (χ4n) is 7.38. The number of likely N-dealkylation sites (tertiary alicyclic amines) is 1. The van der Waals surface area contributed by atoms with Gasteiger partial charge in [0.25, 0.3) is 0 Å². The number of amides is 1. The molecule has 7 heteroatoms. The number of benzene rings is 2. The summed E-state index contributed by atoms with van der Waals surface area (Å²) >= 11 is 0. The molecule has 2 saturated heterocycles. The van der Waals surface area contributed by atoms with E-state index in [0.717, 1.165) is 44.3 Å². The van der Waals surface area contributed by atoms with Crippen LogP contribution >= 0.6 is 0 Å². The molecule has 39 heavy (non-hydrogen) atoms. The molecule has 2 aliphatic rings. The van der Waals surface area contributed by atoms with Gasteiger partial charge in [0.1, 0.15) is 11.6 Å². The molecule has 0 radical (unpaired) electrons. The molecule has 1 amide bonds. The molecule has 0 aromatic heterocycles. The van der Waals surface area contributed by atoms with Crippen molar-refractivity contribution in [1.29, 1.82) is 0 Å². The molecule has 2 aromatic rings. The molecular weight excluding hydrogens is 493 g/mol. The first-order valence-corrected chi connectivity index (χ1v) is 14.4. The van der Waals surface area contributed by atoms with E-state index < -0.39 is 5.54 Å². The highest BCUT2D eigenvalue weighted by Gasteiger charge is 2.69. The molecule has 0 aliphatic carbocycles. The Kier molecular flexibility index (Phi) is 8.94. The largest absolute Gasteiger partial charge is 0.508 e. The van der Waals surface area contributed by atoms with Gasteiger partial charge in [0, 0.05) is 18.5 Å². The highest BCUT2D eigenvalue weighted by molar-refractivity contribution is 6.04. The Morgan fingerprint density at radius 2 is 1.92 bits per heavy atom. The molecule has 2 aromatic carbocycles. The van der Waals surface area contributed by atoms with E-state index in [4.69, 9.17) is 0 Å². The molecule has 6 nitrogen and oxygen atoms in total. The molecule has 0 spiro atoms. The summed E-state index contributed by atoms with van der Waals surface area (Å²) in [6.45, 7) is 8.77. The summed E-state index contributed by atoms with van der Waals surface area (Å²) in [6, 6.07) is 11.4. The van der Waals surface area contributed by atoms with Crippen molar-refractivity contribution in [2.24, 2.45) is 5.92 Å². The first-order chi connectivity index (χ1) is 18.5. The van der Waals surface area contributed by atoms with Gasteiger partial charge in [0.15, 0.2) is 5.54 Å². The number of aromatic hydroxyl groups is 1. The monoisotopic (exact) mass is 538 g/mol.